The summed E-state index contributed by atoms with van der Waals surface area (Å²) in [6.45, 7) is 1.39. The Bertz CT molecular complexity index is 312. The average molecular weight is 167 g/mol. The number of aromatic nitrogens is 2. The topological polar surface area (TPSA) is 78.1 Å². The minimum absolute atomic E-state index is 0.148. The monoisotopic (exact) mass is 167 g/mol. The number of carbonyl (C=O) groups excluding carboxylic acids is 1. The van der Waals surface area contributed by atoms with Gasteiger partial charge in [0.25, 0.3) is 0 Å². The fraction of sp³-hybridized carbons (Fsp3) is 0.286. The molecular weight excluding hydrogens is 158 g/mol. The van der Waals surface area contributed by atoms with Crippen molar-refractivity contribution in [3.8, 4) is 5.88 Å². The molecule has 0 amide bonds. The zero-order valence-corrected chi connectivity index (χ0v) is 6.87. The Hall–Kier alpha value is -1.65. The zero-order valence-electron chi connectivity index (χ0n) is 6.87. The van der Waals surface area contributed by atoms with Crippen molar-refractivity contribution in [2.45, 2.75) is 6.92 Å². The van der Waals surface area contributed by atoms with Crippen molar-refractivity contribution < 1.29 is 9.53 Å². The van der Waals surface area contributed by atoms with Crippen LogP contribution in [0, 0.1) is 0 Å². The highest BCUT2D eigenvalue weighted by atomic mass is 16.5. The van der Waals surface area contributed by atoms with Gasteiger partial charge < -0.3 is 10.5 Å². The summed E-state index contributed by atoms with van der Waals surface area (Å²) in [5.74, 6) is 0.161. The molecule has 1 aromatic heterocycles. The van der Waals surface area contributed by atoms with Crippen molar-refractivity contribution >= 4 is 11.6 Å². The summed E-state index contributed by atoms with van der Waals surface area (Å²) in [4.78, 5) is 18.4. The van der Waals surface area contributed by atoms with E-state index < -0.39 is 0 Å². The van der Waals surface area contributed by atoms with Crippen LogP contribution in [0.25, 0.3) is 0 Å². The normalized spacial score (nSPS) is 9.50. The zero-order chi connectivity index (χ0) is 9.14. The third-order valence-corrected chi connectivity index (χ3v) is 1.39. The first-order valence-corrected chi connectivity index (χ1v) is 3.32. The first-order valence-electron chi connectivity index (χ1n) is 3.32. The van der Waals surface area contributed by atoms with Gasteiger partial charge in [0.1, 0.15) is 17.7 Å². The van der Waals surface area contributed by atoms with Gasteiger partial charge in [-0.3, -0.25) is 4.79 Å². The number of ether oxygens (including phenoxy) is 1. The van der Waals surface area contributed by atoms with E-state index in [-0.39, 0.29) is 23.0 Å². The highest BCUT2D eigenvalue weighted by Gasteiger charge is 2.13. The van der Waals surface area contributed by atoms with Gasteiger partial charge in [-0.1, -0.05) is 0 Å². The highest BCUT2D eigenvalue weighted by molar-refractivity contribution is 6.00. The number of ketones is 1. The van der Waals surface area contributed by atoms with Crippen LogP contribution in [-0.2, 0) is 0 Å². The lowest BCUT2D eigenvalue weighted by Crippen LogP contribution is -2.06. The molecule has 5 heteroatoms. The van der Waals surface area contributed by atoms with Gasteiger partial charge in [-0.2, -0.15) is 0 Å². The van der Waals surface area contributed by atoms with E-state index in [1.54, 1.807) is 0 Å². The van der Waals surface area contributed by atoms with Crippen LogP contribution in [0.2, 0.25) is 0 Å². The molecule has 1 heterocycles. The Balaban J connectivity index is 3.29. The fourth-order valence-electron chi connectivity index (χ4n) is 0.868. The minimum Gasteiger partial charge on any atom is -0.480 e. The molecule has 0 radical (unpaired) electrons. The summed E-state index contributed by atoms with van der Waals surface area (Å²) in [7, 11) is 1.42. The second kappa shape index (κ2) is 3.17. The number of nitrogens with zero attached hydrogens (tertiary/aromatic N) is 2. The summed E-state index contributed by atoms with van der Waals surface area (Å²) < 4.78 is 4.84. The number of Topliss-reactive ketones (excluding diaryl/α,β-unsaturated/α-hetero) is 1. The molecule has 1 rings (SSSR count). The fourth-order valence-corrected chi connectivity index (χ4v) is 0.868. The van der Waals surface area contributed by atoms with Gasteiger partial charge in [-0.15, -0.1) is 0 Å². The molecule has 0 saturated carbocycles. The van der Waals surface area contributed by atoms with Gasteiger partial charge >= 0.3 is 0 Å². The number of methoxy groups -OCH3 is 1. The van der Waals surface area contributed by atoms with Gasteiger partial charge in [0.05, 0.1) is 7.11 Å². The molecule has 0 aliphatic heterocycles. The lowest BCUT2D eigenvalue weighted by molar-refractivity contribution is 0.101. The van der Waals surface area contributed by atoms with Gasteiger partial charge in [0, 0.05) is 0 Å². The van der Waals surface area contributed by atoms with Crippen LogP contribution in [0.4, 0.5) is 5.82 Å². The largest absolute Gasteiger partial charge is 0.480 e. The van der Waals surface area contributed by atoms with E-state index in [1.165, 1.54) is 20.4 Å². The molecule has 0 spiro atoms. The van der Waals surface area contributed by atoms with E-state index in [0.29, 0.717) is 0 Å². The molecule has 0 aliphatic rings. The molecule has 0 fully saturated rings. The molecule has 0 saturated heterocycles. The first kappa shape index (κ1) is 8.45. The van der Waals surface area contributed by atoms with Crippen LogP contribution >= 0.6 is 0 Å². The summed E-state index contributed by atoms with van der Waals surface area (Å²) in [5.41, 5.74) is 5.68. The number of nitrogens with two attached hydrogens (primary N) is 1. The number of rotatable bonds is 2. The van der Waals surface area contributed by atoms with Crippen molar-refractivity contribution in [1.82, 2.24) is 9.97 Å². The predicted molar refractivity (Wildman–Crippen MR) is 43.0 cm³/mol. The van der Waals surface area contributed by atoms with Crippen LogP contribution in [-0.4, -0.2) is 22.9 Å². The van der Waals surface area contributed by atoms with Crippen LogP contribution in [0.15, 0.2) is 6.33 Å². The summed E-state index contributed by atoms with van der Waals surface area (Å²) in [6, 6.07) is 0. The quantitative estimate of drug-likeness (QED) is 0.639. The maximum Gasteiger partial charge on any atom is 0.229 e. The second-order valence-corrected chi connectivity index (χ2v) is 2.20. The SMILES string of the molecule is COc1ncnc(N)c1C(C)=O. The Kier molecular flexibility index (Phi) is 2.23. The van der Waals surface area contributed by atoms with E-state index in [0.717, 1.165) is 0 Å². The van der Waals surface area contributed by atoms with Crippen molar-refractivity contribution in [3.05, 3.63) is 11.9 Å². The number of carbonyl (C=O) groups is 1. The maximum absolute atomic E-state index is 11.0. The van der Waals surface area contributed by atoms with Crippen LogP contribution in [0.5, 0.6) is 5.88 Å². The number of hydrogen-bond acceptors (Lipinski definition) is 5. The predicted octanol–water partition coefficient (Wildman–Crippen LogP) is 0.270. The molecule has 1 aromatic rings. The standard InChI is InChI=1S/C7H9N3O2/c1-4(11)5-6(8)9-3-10-7(5)12-2/h3H,1-2H3,(H2,8,9,10). The average Bonchev–Trinajstić information content (AvgIpc) is 2.03. The third-order valence-electron chi connectivity index (χ3n) is 1.39. The Morgan fingerprint density at radius 1 is 1.58 bits per heavy atom. The molecular formula is C7H9N3O2. The highest BCUT2D eigenvalue weighted by Crippen LogP contribution is 2.18. The number of hydrogen-bond donors (Lipinski definition) is 1. The van der Waals surface area contributed by atoms with Crippen molar-refractivity contribution in [2.24, 2.45) is 0 Å². The Morgan fingerprint density at radius 2 is 2.25 bits per heavy atom. The van der Waals surface area contributed by atoms with Crippen molar-refractivity contribution in [3.63, 3.8) is 0 Å². The molecule has 12 heavy (non-hydrogen) atoms. The molecule has 0 aromatic carbocycles. The van der Waals surface area contributed by atoms with Gasteiger partial charge in [-0.05, 0) is 6.92 Å². The summed E-state index contributed by atoms with van der Waals surface area (Å²) in [5, 5.41) is 0. The molecule has 0 atom stereocenters. The summed E-state index contributed by atoms with van der Waals surface area (Å²) >= 11 is 0. The van der Waals surface area contributed by atoms with E-state index in [1.807, 2.05) is 0 Å². The lowest BCUT2D eigenvalue weighted by atomic mass is 10.2. The molecule has 0 bridgehead atoms. The van der Waals surface area contributed by atoms with Gasteiger partial charge in [0.15, 0.2) is 5.78 Å². The maximum atomic E-state index is 11.0. The molecule has 2 N–H and O–H groups in total. The Labute approximate surface area is 69.6 Å². The van der Waals surface area contributed by atoms with Gasteiger partial charge in [0.2, 0.25) is 5.88 Å². The molecule has 0 aliphatic carbocycles. The van der Waals surface area contributed by atoms with E-state index in [4.69, 9.17) is 10.5 Å². The smallest absolute Gasteiger partial charge is 0.229 e. The second-order valence-electron chi connectivity index (χ2n) is 2.20. The summed E-state index contributed by atoms with van der Waals surface area (Å²) in [6.07, 6.45) is 1.25. The lowest BCUT2D eigenvalue weighted by Gasteiger charge is -2.04. The third kappa shape index (κ3) is 1.34. The number of anilines is 1. The molecule has 64 valence electrons. The van der Waals surface area contributed by atoms with Crippen LogP contribution < -0.4 is 10.5 Å². The minimum atomic E-state index is -0.204. The van der Waals surface area contributed by atoms with Crippen LogP contribution in [0.3, 0.4) is 0 Å². The van der Waals surface area contributed by atoms with Crippen molar-refractivity contribution in [1.29, 1.82) is 0 Å². The van der Waals surface area contributed by atoms with Crippen molar-refractivity contribution in [2.75, 3.05) is 12.8 Å². The number of nitrogen functional groups attached to an aromatic ring is 1. The molecule has 5 nitrogen and oxygen atoms in total. The Morgan fingerprint density at radius 3 is 2.67 bits per heavy atom. The van der Waals surface area contributed by atoms with E-state index >= 15 is 0 Å². The van der Waals surface area contributed by atoms with E-state index in [2.05, 4.69) is 9.97 Å². The van der Waals surface area contributed by atoms with E-state index in [9.17, 15) is 4.79 Å². The van der Waals surface area contributed by atoms with Crippen LogP contribution in [0.1, 0.15) is 17.3 Å². The first-order chi connectivity index (χ1) is 5.66. The van der Waals surface area contributed by atoms with Gasteiger partial charge in [-0.25, -0.2) is 9.97 Å². The molecule has 0 unspecified atom stereocenters.